The third-order valence-corrected chi connectivity index (χ3v) is 7.87. The number of benzene rings is 2. The van der Waals surface area contributed by atoms with Gasteiger partial charge in [0.1, 0.15) is 18.0 Å². The lowest BCUT2D eigenvalue weighted by Gasteiger charge is -2.36. The van der Waals surface area contributed by atoms with Crippen molar-refractivity contribution in [3.63, 3.8) is 0 Å². The Kier molecular flexibility index (Phi) is 11.5. The number of piperidine rings is 1. The molecule has 1 amide bonds. The highest BCUT2D eigenvalue weighted by Gasteiger charge is 2.29. The van der Waals surface area contributed by atoms with E-state index in [0.29, 0.717) is 44.2 Å². The largest absolute Gasteiger partial charge is 0.491 e. The van der Waals surface area contributed by atoms with Gasteiger partial charge in [-0.05, 0) is 99.4 Å². The fourth-order valence-corrected chi connectivity index (χ4v) is 5.50. The van der Waals surface area contributed by atoms with E-state index in [2.05, 4.69) is 42.2 Å². The number of hydrogen-bond acceptors (Lipinski definition) is 7. The quantitative estimate of drug-likeness (QED) is 0.206. The minimum absolute atomic E-state index is 0.235. The maximum Gasteiger partial charge on any atom is 0.410 e. The molecule has 0 saturated carbocycles. The number of nitrogens with zero attached hydrogens (tertiary/aromatic N) is 2. The van der Waals surface area contributed by atoms with Gasteiger partial charge in [0, 0.05) is 44.0 Å². The molecule has 8 heteroatoms. The van der Waals surface area contributed by atoms with Crippen molar-refractivity contribution in [2.24, 2.45) is 5.92 Å². The molecule has 0 aliphatic carbocycles. The highest BCUT2D eigenvalue weighted by molar-refractivity contribution is 5.96. The number of unbranched alkanes of at least 4 members (excludes halogenated alkanes) is 1. The zero-order valence-electron chi connectivity index (χ0n) is 26.5. The predicted molar refractivity (Wildman–Crippen MR) is 170 cm³/mol. The fraction of sp³-hybridized carbons (Fsp3) is 0.543. The van der Waals surface area contributed by atoms with Crippen molar-refractivity contribution in [1.82, 2.24) is 4.90 Å². The minimum atomic E-state index is -0.494. The third-order valence-electron chi connectivity index (χ3n) is 7.87. The summed E-state index contributed by atoms with van der Waals surface area (Å²) in [7, 11) is 1.43. The summed E-state index contributed by atoms with van der Waals surface area (Å²) < 4.78 is 22.1. The monoisotopic (exact) mass is 592 g/mol. The second kappa shape index (κ2) is 15.3. The first kappa shape index (κ1) is 32.4. The van der Waals surface area contributed by atoms with Crippen LogP contribution in [0.25, 0.3) is 17.2 Å². The molecule has 2 aromatic rings. The molecule has 234 valence electrons. The van der Waals surface area contributed by atoms with Gasteiger partial charge in [-0.1, -0.05) is 31.5 Å². The number of esters is 1. The van der Waals surface area contributed by atoms with E-state index < -0.39 is 5.60 Å². The maximum absolute atomic E-state index is 12.6. The SMILES string of the molecule is CCCCOCCOc1ccc(-c2ccc3c(c2)C=C(C(=O)OC)CCN3CC2CCN(C(=O)OC(C)(C)C)CC2)cc1. The van der Waals surface area contributed by atoms with E-state index in [-0.39, 0.29) is 12.1 Å². The number of anilines is 1. The maximum atomic E-state index is 12.6. The predicted octanol–water partition coefficient (Wildman–Crippen LogP) is 6.96. The van der Waals surface area contributed by atoms with Crippen molar-refractivity contribution >= 4 is 23.8 Å². The van der Waals surface area contributed by atoms with Gasteiger partial charge in [0.15, 0.2) is 0 Å². The Hall–Kier alpha value is -3.52. The molecular weight excluding hydrogens is 544 g/mol. The molecule has 2 aromatic carbocycles. The van der Waals surface area contributed by atoms with Crippen molar-refractivity contribution < 1.29 is 28.5 Å². The Balaban J connectivity index is 1.44. The Morgan fingerprint density at radius 3 is 2.33 bits per heavy atom. The van der Waals surface area contributed by atoms with E-state index in [1.54, 1.807) is 0 Å². The molecule has 1 saturated heterocycles. The lowest BCUT2D eigenvalue weighted by molar-refractivity contribution is -0.136. The van der Waals surface area contributed by atoms with E-state index in [4.69, 9.17) is 18.9 Å². The Morgan fingerprint density at radius 2 is 1.65 bits per heavy atom. The Labute approximate surface area is 256 Å². The summed E-state index contributed by atoms with van der Waals surface area (Å²) in [6.45, 7) is 12.7. The van der Waals surface area contributed by atoms with Gasteiger partial charge in [0.25, 0.3) is 0 Å². The van der Waals surface area contributed by atoms with Crippen molar-refractivity contribution in [1.29, 1.82) is 0 Å². The van der Waals surface area contributed by atoms with Gasteiger partial charge in [-0.2, -0.15) is 0 Å². The molecular formula is C35H48N2O6. The zero-order chi connectivity index (χ0) is 30.8. The van der Waals surface area contributed by atoms with Crippen LogP contribution in [0.1, 0.15) is 65.4 Å². The molecule has 0 atom stereocenters. The van der Waals surface area contributed by atoms with Crippen LogP contribution in [0.3, 0.4) is 0 Å². The van der Waals surface area contributed by atoms with E-state index in [0.717, 1.165) is 73.5 Å². The topological polar surface area (TPSA) is 77.5 Å². The second-order valence-electron chi connectivity index (χ2n) is 12.4. The van der Waals surface area contributed by atoms with Gasteiger partial charge in [0.2, 0.25) is 0 Å². The minimum Gasteiger partial charge on any atom is -0.491 e. The molecule has 2 aliphatic heterocycles. The first-order chi connectivity index (χ1) is 20.7. The first-order valence-corrected chi connectivity index (χ1v) is 15.6. The van der Waals surface area contributed by atoms with Gasteiger partial charge in [-0.15, -0.1) is 0 Å². The van der Waals surface area contributed by atoms with Crippen molar-refractivity contribution in [3.8, 4) is 16.9 Å². The van der Waals surface area contributed by atoms with Crippen molar-refractivity contribution in [2.45, 2.75) is 65.4 Å². The molecule has 8 nitrogen and oxygen atoms in total. The van der Waals surface area contributed by atoms with E-state index in [1.165, 1.54) is 7.11 Å². The van der Waals surface area contributed by atoms with Gasteiger partial charge < -0.3 is 28.7 Å². The van der Waals surface area contributed by atoms with Crippen LogP contribution in [-0.4, -0.2) is 75.7 Å². The lowest BCUT2D eigenvalue weighted by atomic mass is 9.95. The van der Waals surface area contributed by atoms with Gasteiger partial charge in [-0.3, -0.25) is 0 Å². The molecule has 43 heavy (non-hydrogen) atoms. The summed E-state index contributed by atoms with van der Waals surface area (Å²) in [5, 5.41) is 0. The Bertz CT molecular complexity index is 1240. The summed E-state index contributed by atoms with van der Waals surface area (Å²) in [4.78, 5) is 29.3. The number of carbonyl (C=O) groups is 2. The first-order valence-electron chi connectivity index (χ1n) is 15.6. The van der Waals surface area contributed by atoms with E-state index >= 15 is 0 Å². The molecule has 0 bridgehead atoms. The number of likely N-dealkylation sites (tertiary alicyclic amines) is 1. The molecule has 2 heterocycles. The molecule has 0 aromatic heterocycles. The van der Waals surface area contributed by atoms with Crippen LogP contribution in [-0.2, 0) is 19.0 Å². The number of fused-ring (bicyclic) bond motifs is 1. The molecule has 2 aliphatic rings. The summed E-state index contributed by atoms with van der Waals surface area (Å²) >= 11 is 0. The highest BCUT2D eigenvalue weighted by Crippen LogP contribution is 2.34. The van der Waals surface area contributed by atoms with Crippen molar-refractivity contribution in [3.05, 3.63) is 53.6 Å². The van der Waals surface area contributed by atoms with Crippen LogP contribution in [0.2, 0.25) is 0 Å². The number of amides is 1. The van der Waals surface area contributed by atoms with Gasteiger partial charge >= 0.3 is 12.1 Å². The normalized spacial score (nSPS) is 15.8. The summed E-state index contributed by atoms with van der Waals surface area (Å²) in [6, 6.07) is 14.6. The number of hydrogen-bond donors (Lipinski definition) is 0. The van der Waals surface area contributed by atoms with Crippen LogP contribution in [0.5, 0.6) is 5.75 Å². The molecule has 0 radical (unpaired) electrons. The lowest BCUT2D eigenvalue weighted by Crippen LogP contribution is -2.44. The van der Waals surface area contributed by atoms with Crippen molar-refractivity contribution in [2.75, 3.05) is 58.0 Å². The second-order valence-corrected chi connectivity index (χ2v) is 12.4. The number of carbonyl (C=O) groups excluding carboxylic acids is 2. The number of ether oxygens (including phenoxy) is 4. The van der Waals surface area contributed by atoms with Crippen LogP contribution in [0.4, 0.5) is 10.5 Å². The summed E-state index contributed by atoms with van der Waals surface area (Å²) in [5.41, 5.74) is 4.44. The third kappa shape index (κ3) is 9.48. The number of methoxy groups -OCH3 is 1. The highest BCUT2D eigenvalue weighted by atomic mass is 16.6. The molecule has 0 N–H and O–H groups in total. The van der Waals surface area contributed by atoms with E-state index in [1.807, 2.05) is 43.9 Å². The van der Waals surface area contributed by atoms with Crippen LogP contribution in [0.15, 0.2) is 48.0 Å². The summed E-state index contributed by atoms with van der Waals surface area (Å²) in [5.74, 6) is 0.967. The van der Waals surface area contributed by atoms with E-state index in [9.17, 15) is 9.59 Å². The molecule has 4 rings (SSSR count). The van der Waals surface area contributed by atoms with Crippen LogP contribution in [0, 0.1) is 5.92 Å². The zero-order valence-corrected chi connectivity index (χ0v) is 26.5. The van der Waals surface area contributed by atoms with Gasteiger partial charge in [0.05, 0.1) is 13.7 Å². The molecule has 1 fully saturated rings. The molecule has 0 unspecified atom stereocenters. The number of rotatable bonds is 11. The fourth-order valence-electron chi connectivity index (χ4n) is 5.50. The Morgan fingerprint density at radius 1 is 0.930 bits per heavy atom. The van der Waals surface area contributed by atoms with Crippen LogP contribution < -0.4 is 9.64 Å². The average Bonchev–Trinajstić information content (AvgIpc) is 3.17. The van der Waals surface area contributed by atoms with Crippen LogP contribution >= 0.6 is 0 Å². The standard InChI is InChI=1S/C35H48N2O6/c1-6-7-20-41-21-22-42-31-11-8-27(9-12-31)28-10-13-32-30(23-28)24-29(33(38)40-5)16-19-37(32)25-26-14-17-36(18-15-26)34(39)43-35(2,3)4/h8-13,23-24,26H,6-7,14-22,25H2,1-5H3. The molecule has 0 spiro atoms. The average molecular weight is 593 g/mol. The smallest absolute Gasteiger partial charge is 0.410 e. The summed E-state index contributed by atoms with van der Waals surface area (Å²) in [6.07, 6.45) is 6.38. The van der Waals surface area contributed by atoms with Gasteiger partial charge in [-0.25, -0.2) is 9.59 Å².